The van der Waals surface area contributed by atoms with Crippen LogP contribution in [0.1, 0.15) is 48.2 Å². The molecule has 2 aromatic rings. The summed E-state index contributed by atoms with van der Waals surface area (Å²) in [7, 11) is 1.60. The van der Waals surface area contributed by atoms with Crippen LogP contribution in [0.25, 0.3) is 11.1 Å². The van der Waals surface area contributed by atoms with Crippen LogP contribution in [0.15, 0.2) is 23.5 Å². The molecule has 1 aliphatic carbocycles. The van der Waals surface area contributed by atoms with Gasteiger partial charge in [0, 0.05) is 25.8 Å². The molecule has 2 aromatic heterocycles. The van der Waals surface area contributed by atoms with Gasteiger partial charge in [-0.2, -0.15) is 5.10 Å². The Morgan fingerprint density at radius 1 is 1.30 bits per heavy atom. The molecule has 2 aliphatic rings. The number of ether oxygens (including phenoxy) is 1. The summed E-state index contributed by atoms with van der Waals surface area (Å²) in [5.74, 6) is -1.17. The average Bonchev–Trinajstić information content (AvgIpc) is 3.15. The number of fused-ring (bicyclic) bond motifs is 1. The molecule has 0 aromatic carbocycles. The zero-order valence-corrected chi connectivity index (χ0v) is 16.6. The van der Waals surface area contributed by atoms with Crippen molar-refractivity contribution >= 4 is 35.0 Å². The summed E-state index contributed by atoms with van der Waals surface area (Å²) in [5.41, 5.74) is 8.57. The van der Waals surface area contributed by atoms with Crippen molar-refractivity contribution in [3.8, 4) is 0 Å². The van der Waals surface area contributed by atoms with Crippen LogP contribution >= 0.6 is 0 Å². The van der Waals surface area contributed by atoms with Gasteiger partial charge in [0.05, 0.1) is 17.2 Å². The molecule has 30 heavy (non-hydrogen) atoms. The maximum atomic E-state index is 13.1. The lowest BCUT2D eigenvalue weighted by atomic mass is 9.86. The van der Waals surface area contributed by atoms with Crippen molar-refractivity contribution in [3.63, 3.8) is 0 Å². The minimum absolute atomic E-state index is 0.0729. The first-order chi connectivity index (χ1) is 14.5. The monoisotopic (exact) mass is 412 g/mol. The molecule has 1 fully saturated rings. The van der Waals surface area contributed by atoms with E-state index in [4.69, 9.17) is 15.6 Å². The second-order valence-electron chi connectivity index (χ2n) is 7.59. The first-order valence-electron chi connectivity index (χ1n) is 9.89. The molecule has 0 spiro atoms. The van der Waals surface area contributed by atoms with E-state index in [1.54, 1.807) is 23.9 Å². The first kappa shape index (κ1) is 20.0. The van der Waals surface area contributed by atoms with Crippen molar-refractivity contribution in [2.75, 3.05) is 12.8 Å². The van der Waals surface area contributed by atoms with Crippen LogP contribution in [-0.4, -0.2) is 57.2 Å². The molecule has 1 unspecified atom stereocenters. The van der Waals surface area contributed by atoms with Crippen molar-refractivity contribution in [3.05, 3.63) is 29.7 Å². The zero-order valence-electron chi connectivity index (χ0n) is 16.6. The van der Waals surface area contributed by atoms with Gasteiger partial charge in [-0.3, -0.25) is 14.6 Å². The number of amides is 1. The van der Waals surface area contributed by atoms with Crippen molar-refractivity contribution in [1.29, 1.82) is 0 Å². The number of carbonyl (C=O) groups excluding carboxylic acids is 1. The quantitative estimate of drug-likeness (QED) is 0.675. The molecule has 10 nitrogen and oxygen atoms in total. The number of allylic oxidation sites excluding steroid dienone is 1. The van der Waals surface area contributed by atoms with Crippen LogP contribution in [0.5, 0.6) is 0 Å². The van der Waals surface area contributed by atoms with E-state index in [1.807, 2.05) is 6.08 Å². The highest BCUT2D eigenvalue weighted by Gasteiger charge is 2.29. The van der Waals surface area contributed by atoms with Gasteiger partial charge in [0.1, 0.15) is 11.8 Å². The molecule has 1 saturated carbocycles. The largest absolute Gasteiger partial charge is 0.481 e. The number of nitrogens with two attached hydrogens (primary N) is 1. The number of methoxy groups -OCH3 is 1. The Labute approximate surface area is 172 Å². The van der Waals surface area contributed by atoms with Crippen molar-refractivity contribution in [1.82, 2.24) is 19.9 Å². The molecule has 10 heteroatoms. The van der Waals surface area contributed by atoms with Gasteiger partial charge in [-0.15, -0.1) is 0 Å². The highest BCUT2D eigenvalue weighted by Crippen LogP contribution is 2.30. The topological polar surface area (TPSA) is 144 Å². The number of nitrogens with one attached hydrogen (secondary N) is 1. The van der Waals surface area contributed by atoms with Gasteiger partial charge in [0.2, 0.25) is 0 Å². The number of hydrogen-bond donors (Lipinski definition) is 3. The number of carboxylic acids is 1. The number of dihydropyridines is 1. The van der Waals surface area contributed by atoms with Crippen LogP contribution in [0, 0.1) is 5.92 Å². The number of carbonyl (C=O) groups is 2. The van der Waals surface area contributed by atoms with Gasteiger partial charge in [0.15, 0.2) is 12.0 Å². The molecule has 4 rings (SSSR count). The summed E-state index contributed by atoms with van der Waals surface area (Å²) < 4.78 is 6.95. The minimum atomic E-state index is -0.772. The van der Waals surface area contributed by atoms with Crippen LogP contribution in [-0.2, 0) is 9.53 Å². The lowest BCUT2D eigenvalue weighted by Gasteiger charge is -2.26. The van der Waals surface area contributed by atoms with E-state index in [9.17, 15) is 9.59 Å². The van der Waals surface area contributed by atoms with E-state index in [2.05, 4.69) is 20.4 Å². The third kappa shape index (κ3) is 3.78. The number of nitrogen functional groups attached to an aromatic ring is 1. The Morgan fingerprint density at radius 2 is 2.07 bits per heavy atom. The highest BCUT2D eigenvalue weighted by molar-refractivity contribution is 6.05. The number of aromatic nitrogens is 3. The fourth-order valence-electron chi connectivity index (χ4n) is 4.09. The maximum Gasteiger partial charge on any atom is 0.306 e. The van der Waals surface area contributed by atoms with E-state index in [1.165, 1.54) is 6.33 Å². The lowest BCUT2D eigenvalue weighted by Crippen LogP contribution is -2.38. The van der Waals surface area contributed by atoms with E-state index >= 15 is 0 Å². The van der Waals surface area contributed by atoms with Gasteiger partial charge >= 0.3 is 5.97 Å². The third-order valence-corrected chi connectivity index (χ3v) is 5.76. The second kappa shape index (κ2) is 8.23. The fourth-order valence-corrected chi connectivity index (χ4v) is 4.09. The Hall–Kier alpha value is -3.27. The van der Waals surface area contributed by atoms with Gasteiger partial charge in [-0.1, -0.05) is 0 Å². The first-order valence-corrected chi connectivity index (χ1v) is 9.89. The third-order valence-electron chi connectivity index (χ3n) is 5.76. The Bertz CT molecular complexity index is 1040. The molecular formula is C20H24N6O4. The van der Waals surface area contributed by atoms with Crippen molar-refractivity contribution < 1.29 is 19.4 Å². The molecule has 3 heterocycles. The number of rotatable bonds is 5. The maximum absolute atomic E-state index is 13.1. The fraction of sp³-hybridized carbons (Fsp3) is 0.450. The molecular weight excluding hydrogens is 388 g/mol. The Morgan fingerprint density at radius 3 is 2.77 bits per heavy atom. The summed E-state index contributed by atoms with van der Waals surface area (Å²) in [6.07, 6.45) is 7.51. The number of hydrogen-bond acceptors (Lipinski definition) is 7. The molecule has 158 valence electrons. The summed E-state index contributed by atoms with van der Waals surface area (Å²) >= 11 is 0. The van der Waals surface area contributed by atoms with Crippen molar-refractivity contribution in [2.24, 2.45) is 10.9 Å². The van der Waals surface area contributed by atoms with E-state index in [0.717, 1.165) is 11.3 Å². The summed E-state index contributed by atoms with van der Waals surface area (Å²) in [6.45, 7) is 0. The standard InChI is InChI=1S/C20H24N6O4/c1-30-16-8-12(6-7-22-16)15-9-14(17-18(21)23-10-24-26(15)17)19(27)25-13-4-2-11(3-5-13)20(28)29/h6-7,9-11,13,16H,2-5,8H2,1H3,(H,25,27)(H,28,29)(H2,21,23,24). The minimum Gasteiger partial charge on any atom is -0.481 e. The summed E-state index contributed by atoms with van der Waals surface area (Å²) in [6, 6.07) is 1.69. The van der Waals surface area contributed by atoms with Gasteiger partial charge in [0.25, 0.3) is 5.91 Å². The van der Waals surface area contributed by atoms with Crippen LogP contribution < -0.4 is 11.1 Å². The number of nitrogens with zero attached hydrogens (tertiary/aromatic N) is 4. The van der Waals surface area contributed by atoms with Crippen LogP contribution in [0.4, 0.5) is 5.82 Å². The molecule has 1 atom stereocenters. The highest BCUT2D eigenvalue weighted by atomic mass is 16.5. The van der Waals surface area contributed by atoms with E-state index < -0.39 is 5.97 Å². The summed E-state index contributed by atoms with van der Waals surface area (Å²) in [4.78, 5) is 32.5. The van der Waals surface area contributed by atoms with E-state index in [-0.39, 0.29) is 29.9 Å². The molecule has 4 N–H and O–H groups in total. The van der Waals surface area contributed by atoms with Gasteiger partial charge in [-0.25, -0.2) is 9.50 Å². The average molecular weight is 412 g/mol. The summed E-state index contributed by atoms with van der Waals surface area (Å²) in [5, 5.41) is 16.5. The van der Waals surface area contributed by atoms with E-state index in [0.29, 0.717) is 43.2 Å². The predicted molar refractivity (Wildman–Crippen MR) is 110 cm³/mol. The molecule has 0 bridgehead atoms. The molecule has 1 amide bonds. The van der Waals surface area contributed by atoms with Crippen LogP contribution in [0.3, 0.4) is 0 Å². The number of carboxylic acid groups (broad SMARTS) is 1. The SMILES string of the molecule is COC1CC(c2cc(C(=O)NC3CCC(C(=O)O)CC3)c3c(N)ncnn23)=CC=N1. The Kier molecular flexibility index (Phi) is 5.49. The lowest BCUT2D eigenvalue weighted by molar-refractivity contribution is -0.142. The van der Waals surface area contributed by atoms with Crippen molar-refractivity contribution in [2.45, 2.75) is 44.4 Å². The smallest absolute Gasteiger partial charge is 0.306 e. The normalized spacial score (nSPS) is 23.9. The van der Waals surface area contributed by atoms with Crippen LogP contribution in [0.2, 0.25) is 0 Å². The Balaban J connectivity index is 1.61. The number of aliphatic carboxylic acids is 1. The molecule has 0 saturated heterocycles. The predicted octanol–water partition coefficient (Wildman–Crippen LogP) is 1.52. The molecule has 1 aliphatic heterocycles. The van der Waals surface area contributed by atoms with Gasteiger partial charge in [-0.05, 0) is 43.4 Å². The number of anilines is 1. The van der Waals surface area contributed by atoms with Gasteiger partial charge < -0.3 is 20.9 Å². The second-order valence-corrected chi connectivity index (χ2v) is 7.59. The molecule has 0 radical (unpaired) electrons. The number of aliphatic imine (C=N–C) groups is 1. The zero-order chi connectivity index (χ0) is 21.3.